The molecule has 30 heavy (non-hydrogen) atoms. The molecule has 7 nitrogen and oxygen atoms in total. The summed E-state index contributed by atoms with van der Waals surface area (Å²) in [6.07, 6.45) is 2.68. The second-order valence-corrected chi connectivity index (χ2v) is 8.29. The van der Waals surface area contributed by atoms with Crippen LogP contribution in [0.25, 0.3) is 10.9 Å². The number of likely N-dealkylation sites (tertiary alicyclic amines) is 1. The molecule has 154 valence electrons. The summed E-state index contributed by atoms with van der Waals surface area (Å²) in [6, 6.07) is 12.5. The summed E-state index contributed by atoms with van der Waals surface area (Å²) in [7, 11) is 0. The number of aromatic amines is 1. The molecule has 0 spiro atoms. The number of amides is 2. The SMILES string of the molecule is CC(=O)N1C[C@H]2C[C@@H](C1)C(C(=O)NCc1cccc3[nH]ccc13)n1c2cccc1=O. The fourth-order valence-corrected chi connectivity index (χ4v) is 5.12. The molecule has 0 saturated carbocycles. The second kappa shape index (κ2) is 7.16. The highest BCUT2D eigenvalue weighted by atomic mass is 16.2. The number of H-pyrrole nitrogens is 1. The van der Waals surface area contributed by atoms with Gasteiger partial charge in [-0.3, -0.25) is 19.0 Å². The summed E-state index contributed by atoms with van der Waals surface area (Å²) in [6.45, 7) is 3.04. The van der Waals surface area contributed by atoms with E-state index >= 15 is 0 Å². The van der Waals surface area contributed by atoms with Crippen LogP contribution >= 0.6 is 0 Å². The maximum Gasteiger partial charge on any atom is 0.251 e. The average Bonchev–Trinajstić information content (AvgIpc) is 3.22. The van der Waals surface area contributed by atoms with E-state index in [-0.39, 0.29) is 29.2 Å². The molecule has 2 aromatic heterocycles. The smallest absolute Gasteiger partial charge is 0.251 e. The van der Waals surface area contributed by atoms with Crippen molar-refractivity contribution in [1.82, 2.24) is 19.8 Å². The molecule has 2 aliphatic rings. The van der Waals surface area contributed by atoms with Crippen LogP contribution in [0.5, 0.6) is 0 Å². The lowest BCUT2D eigenvalue weighted by Gasteiger charge is -2.46. The number of nitrogens with zero attached hydrogens (tertiary/aromatic N) is 2. The zero-order chi connectivity index (χ0) is 20.8. The predicted octanol–water partition coefficient (Wildman–Crippen LogP) is 2.15. The fraction of sp³-hybridized carbons (Fsp3) is 0.348. The Kier molecular flexibility index (Phi) is 4.46. The number of hydrogen-bond acceptors (Lipinski definition) is 3. The van der Waals surface area contributed by atoms with Crippen molar-refractivity contribution in [2.75, 3.05) is 13.1 Å². The topological polar surface area (TPSA) is 87.2 Å². The van der Waals surface area contributed by atoms with Crippen LogP contribution in [0.1, 0.15) is 36.6 Å². The molecule has 1 unspecified atom stereocenters. The highest BCUT2D eigenvalue weighted by Gasteiger charge is 2.44. The number of pyridine rings is 1. The molecule has 2 bridgehead atoms. The molecule has 2 N–H and O–H groups in total. The van der Waals surface area contributed by atoms with Crippen LogP contribution < -0.4 is 10.9 Å². The van der Waals surface area contributed by atoms with Crippen molar-refractivity contribution in [3.63, 3.8) is 0 Å². The first-order valence-electron chi connectivity index (χ1n) is 10.3. The number of benzene rings is 1. The van der Waals surface area contributed by atoms with Crippen LogP contribution in [0.2, 0.25) is 0 Å². The second-order valence-electron chi connectivity index (χ2n) is 8.29. The molecule has 1 aromatic carbocycles. The van der Waals surface area contributed by atoms with Crippen molar-refractivity contribution in [2.24, 2.45) is 5.92 Å². The Labute approximate surface area is 173 Å². The van der Waals surface area contributed by atoms with Gasteiger partial charge in [0.2, 0.25) is 11.8 Å². The lowest BCUT2D eigenvalue weighted by atomic mass is 9.78. The first-order valence-corrected chi connectivity index (χ1v) is 10.3. The standard InChI is InChI=1S/C23H24N4O3/c1-14(28)26-12-16-10-17(13-26)22(27-20(16)6-3-7-21(27)29)23(30)25-11-15-4-2-5-19-18(15)8-9-24-19/h2-9,16-17,22,24H,10-13H2,1H3,(H,25,30)/t16-,17+,22?/m1/s1. The van der Waals surface area contributed by atoms with Gasteiger partial charge in [0, 0.05) is 67.3 Å². The van der Waals surface area contributed by atoms with E-state index in [1.54, 1.807) is 22.5 Å². The zero-order valence-corrected chi connectivity index (χ0v) is 16.8. The Hall–Kier alpha value is -3.35. The van der Waals surface area contributed by atoms with E-state index in [0.29, 0.717) is 19.6 Å². The molecular weight excluding hydrogens is 380 g/mol. The van der Waals surface area contributed by atoms with Crippen molar-refractivity contribution in [2.45, 2.75) is 31.8 Å². The summed E-state index contributed by atoms with van der Waals surface area (Å²) in [5.41, 5.74) is 2.72. The summed E-state index contributed by atoms with van der Waals surface area (Å²) in [5.74, 6) is -0.164. The first kappa shape index (κ1) is 18.7. The van der Waals surface area contributed by atoms with Gasteiger partial charge in [-0.25, -0.2) is 0 Å². The van der Waals surface area contributed by atoms with Crippen LogP contribution in [0.15, 0.2) is 53.5 Å². The van der Waals surface area contributed by atoms with E-state index in [4.69, 9.17) is 0 Å². The lowest BCUT2D eigenvalue weighted by Crippen LogP contribution is -2.54. The summed E-state index contributed by atoms with van der Waals surface area (Å²) in [4.78, 5) is 43.1. The fourth-order valence-electron chi connectivity index (χ4n) is 5.12. The molecule has 2 aliphatic heterocycles. The van der Waals surface area contributed by atoms with Gasteiger partial charge in [-0.1, -0.05) is 18.2 Å². The molecule has 1 fully saturated rings. The molecule has 5 rings (SSSR count). The quantitative estimate of drug-likeness (QED) is 0.701. The van der Waals surface area contributed by atoms with Gasteiger partial charge in [0.05, 0.1) is 0 Å². The Morgan fingerprint density at radius 2 is 1.97 bits per heavy atom. The van der Waals surface area contributed by atoms with Crippen molar-refractivity contribution >= 4 is 22.7 Å². The molecule has 0 aliphatic carbocycles. The van der Waals surface area contributed by atoms with Gasteiger partial charge in [-0.05, 0) is 30.2 Å². The maximum atomic E-state index is 13.4. The molecular formula is C23H24N4O3. The third-order valence-electron chi connectivity index (χ3n) is 6.50. The third-order valence-corrected chi connectivity index (χ3v) is 6.50. The van der Waals surface area contributed by atoms with Crippen LogP contribution in [-0.4, -0.2) is 39.4 Å². The number of aromatic nitrogens is 2. The van der Waals surface area contributed by atoms with Crippen LogP contribution in [0, 0.1) is 5.92 Å². The van der Waals surface area contributed by atoms with Crippen LogP contribution in [-0.2, 0) is 16.1 Å². The molecule has 0 radical (unpaired) electrons. The molecule has 1 saturated heterocycles. The van der Waals surface area contributed by atoms with E-state index in [1.807, 2.05) is 36.5 Å². The monoisotopic (exact) mass is 404 g/mol. The van der Waals surface area contributed by atoms with Gasteiger partial charge in [0.25, 0.3) is 5.56 Å². The van der Waals surface area contributed by atoms with Crippen LogP contribution in [0.3, 0.4) is 0 Å². The van der Waals surface area contributed by atoms with Gasteiger partial charge in [0.15, 0.2) is 0 Å². The number of rotatable bonds is 3. The Balaban J connectivity index is 1.47. The summed E-state index contributed by atoms with van der Waals surface area (Å²) in [5, 5.41) is 4.12. The Bertz CT molecular complexity index is 1190. The predicted molar refractivity (Wildman–Crippen MR) is 113 cm³/mol. The summed E-state index contributed by atoms with van der Waals surface area (Å²) >= 11 is 0. The van der Waals surface area contributed by atoms with E-state index in [1.165, 1.54) is 6.07 Å². The van der Waals surface area contributed by atoms with E-state index in [2.05, 4.69) is 10.3 Å². The highest BCUT2D eigenvalue weighted by Crippen LogP contribution is 2.41. The van der Waals surface area contributed by atoms with E-state index in [9.17, 15) is 14.4 Å². The van der Waals surface area contributed by atoms with Gasteiger partial charge >= 0.3 is 0 Å². The van der Waals surface area contributed by atoms with Crippen molar-refractivity contribution in [3.8, 4) is 0 Å². The first-order chi connectivity index (χ1) is 14.5. The Morgan fingerprint density at radius 3 is 2.80 bits per heavy atom. The average molecular weight is 404 g/mol. The normalized spacial score (nSPS) is 22.6. The summed E-state index contributed by atoms with van der Waals surface area (Å²) < 4.78 is 1.66. The van der Waals surface area contributed by atoms with Crippen LogP contribution in [0.4, 0.5) is 0 Å². The van der Waals surface area contributed by atoms with Gasteiger partial charge in [-0.2, -0.15) is 0 Å². The minimum Gasteiger partial charge on any atom is -0.361 e. The molecule has 7 heteroatoms. The molecule has 2 amide bonds. The van der Waals surface area contributed by atoms with Gasteiger partial charge in [0.1, 0.15) is 6.04 Å². The Morgan fingerprint density at radius 1 is 1.13 bits per heavy atom. The molecule has 3 atom stereocenters. The number of fused-ring (bicyclic) bond motifs is 5. The minimum absolute atomic E-state index is 0.00900. The lowest BCUT2D eigenvalue weighted by molar-refractivity contribution is -0.135. The maximum absolute atomic E-state index is 13.4. The van der Waals surface area contributed by atoms with Crippen molar-refractivity contribution < 1.29 is 9.59 Å². The third kappa shape index (κ3) is 3.01. The number of carbonyl (C=O) groups is 2. The molecule has 4 heterocycles. The largest absolute Gasteiger partial charge is 0.361 e. The number of carbonyl (C=O) groups excluding carboxylic acids is 2. The van der Waals surface area contributed by atoms with Crippen molar-refractivity contribution in [1.29, 1.82) is 0 Å². The number of nitrogens with one attached hydrogen (secondary N) is 2. The minimum atomic E-state index is -0.613. The van der Waals surface area contributed by atoms with E-state index < -0.39 is 6.04 Å². The van der Waals surface area contributed by atoms with E-state index in [0.717, 1.165) is 28.6 Å². The zero-order valence-electron chi connectivity index (χ0n) is 16.8. The molecule has 3 aromatic rings. The van der Waals surface area contributed by atoms with Crippen molar-refractivity contribution in [3.05, 3.63) is 70.3 Å². The van der Waals surface area contributed by atoms with Gasteiger partial charge < -0.3 is 15.2 Å². The highest BCUT2D eigenvalue weighted by molar-refractivity contribution is 5.85. The number of piperidine rings is 1. The number of hydrogen-bond donors (Lipinski definition) is 2. The van der Waals surface area contributed by atoms with Gasteiger partial charge in [-0.15, -0.1) is 0 Å².